The van der Waals surface area contributed by atoms with E-state index < -0.39 is 0 Å². The maximum absolute atomic E-state index is 4.18. The first-order valence-electron chi connectivity index (χ1n) is 5.18. The molecule has 1 aromatic heterocycles. The van der Waals surface area contributed by atoms with Crippen LogP contribution >= 0.6 is 0 Å². The predicted octanol–water partition coefficient (Wildman–Crippen LogP) is 3.72. The van der Waals surface area contributed by atoms with Crippen LogP contribution in [0.15, 0.2) is 72.9 Å². The van der Waals surface area contributed by atoms with Crippen molar-refractivity contribution in [1.82, 2.24) is 4.98 Å². The monoisotopic (exact) mass is 206 g/mol. The molecule has 1 radical (unpaired) electrons. The Morgan fingerprint density at radius 1 is 0.750 bits per heavy atom. The van der Waals surface area contributed by atoms with Gasteiger partial charge in [-0.2, -0.15) is 0 Å². The van der Waals surface area contributed by atoms with E-state index in [2.05, 4.69) is 23.2 Å². The van der Waals surface area contributed by atoms with E-state index in [9.17, 15) is 0 Å². The molecule has 2 aromatic carbocycles. The molecule has 0 aliphatic rings. The number of benzene rings is 2. The van der Waals surface area contributed by atoms with E-state index in [1.54, 1.807) is 0 Å². The zero-order valence-corrected chi connectivity index (χ0v) is 8.88. The van der Waals surface area contributed by atoms with Crippen LogP contribution in [0.5, 0.6) is 0 Å². The lowest BCUT2D eigenvalue weighted by atomic mass is 10.2. The number of hydrogen-bond acceptors (Lipinski definition) is 1. The summed E-state index contributed by atoms with van der Waals surface area (Å²) in [4.78, 5) is 4.18. The smallest absolute Gasteiger partial charge is 0.0701 e. The largest absolute Gasteiger partial charge is 0.256 e. The molecule has 1 heterocycles. The summed E-state index contributed by atoms with van der Waals surface area (Å²) < 4.78 is 0. The van der Waals surface area contributed by atoms with Gasteiger partial charge in [0.1, 0.15) is 0 Å². The minimum absolute atomic E-state index is 1.06. The minimum Gasteiger partial charge on any atom is -0.256 e. The third-order valence-electron chi connectivity index (χ3n) is 2.12. The highest BCUT2D eigenvalue weighted by Gasteiger charge is 1.86. The number of hydrogen-bond donors (Lipinski definition) is 0. The predicted molar refractivity (Wildman–Crippen MR) is 67.0 cm³/mol. The quantitative estimate of drug-likeness (QED) is 0.546. The summed E-state index contributed by atoms with van der Waals surface area (Å²) in [6.45, 7) is 0. The van der Waals surface area contributed by atoms with Gasteiger partial charge in [-0.05, 0) is 18.2 Å². The third-order valence-corrected chi connectivity index (χ3v) is 2.12. The van der Waals surface area contributed by atoms with Gasteiger partial charge in [0.25, 0.3) is 0 Å². The van der Waals surface area contributed by atoms with E-state index in [1.165, 1.54) is 5.39 Å². The van der Waals surface area contributed by atoms with Crippen molar-refractivity contribution in [3.8, 4) is 0 Å². The van der Waals surface area contributed by atoms with Gasteiger partial charge in [0.2, 0.25) is 0 Å². The molecule has 1 heteroatoms. The summed E-state index contributed by atoms with van der Waals surface area (Å²) in [7, 11) is 0. The zero-order chi connectivity index (χ0) is 11.1. The summed E-state index contributed by atoms with van der Waals surface area (Å²) in [5.74, 6) is 0. The van der Waals surface area contributed by atoms with Gasteiger partial charge in [-0.3, -0.25) is 4.98 Å². The number of fused-ring (bicyclic) bond motifs is 1. The first-order valence-corrected chi connectivity index (χ1v) is 5.18. The highest BCUT2D eigenvalue weighted by molar-refractivity contribution is 5.77. The fourth-order valence-electron chi connectivity index (χ4n) is 1.36. The van der Waals surface area contributed by atoms with Gasteiger partial charge in [-0.1, -0.05) is 54.6 Å². The van der Waals surface area contributed by atoms with Crippen LogP contribution in [-0.4, -0.2) is 4.98 Å². The van der Waals surface area contributed by atoms with Crippen LogP contribution in [0.3, 0.4) is 0 Å². The Balaban J connectivity index is 0.000000138. The molecular weight excluding hydrogens is 194 g/mol. The van der Waals surface area contributed by atoms with Gasteiger partial charge in [0.05, 0.1) is 5.52 Å². The standard InChI is InChI=1S/C9H7N.C6H5/c1-2-6-9-8(4-1)5-3-7-10-9;1-2-4-6-5-3-1/h1-7H;1-5H. The molecule has 0 spiro atoms. The molecule has 0 aliphatic carbocycles. The van der Waals surface area contributed by atoms with E-state index in [0.29, 0.717) is 0 Å². The van der Waals surface area contributed by atoms with Crippen molar-refractivity contribution in [1.29, 1.82) is 0 Å². The molecule has 0 fully saturated rings. The lowest BCUT2D eigenvalue weighted by Gasteiger charge is -1.91. The number of para-hydroxylation sites is 1. The zero-order valence-electron chi connectivity index (χ0n) is 8.88. The minimum atomic E-state index is 1.06. The first-order chi connectivity index (χ1) is 7.97. The molecular formula is C15H12N. The van der Waals surface area contributed by atoms with Gasteiger partial charge in [0, 0.05) is 11.6 Å². The molecule has 0 aliphatic heterocycles. The molecule has 0 amide bonds. The molecule has 16 heavy (non-hydrogen) atoms. The molecule has 77 valence electrons. The lowest BCUT2D eigenvalue weighted by molar-refractivity contribution is 1.41. The van der Waals surface area contributed by atoms with Crippen LogP contribution in [0.25, 0.3) is 10.9 Å². The number of nitrogens with zero attached hydrogens (tertiary/aromatic N) is 1. The Bertz CT molecular complexity index is 440. The van der Waals surface area contributed by atoms with Crippen molar-refractivity contribution >= 4 is 10.9 Å². The molecule has 0 unspecified atom stereocenters. The topological polar surface area (TPSA) is 12.9 Å². The Kier molecular flexibility index (Phi) is 3.67. The maximum atomic E-state index is 4.18. The molecule has 0 saturated carbocycles. The van der Waals surface area contributed by atoms with Crippen LogP contribution in [0, 0.1) is 6.07 Å². The Labute approximate surface area is 95.4 Å². The normalized spacial score (nSPS) is 9.25. The lowest BCUT2D eigenvalue weighted by Crippen LogP contribution is -1.73. The summed E-state index contributed by atoms with van der Waals surface area (Å²) in [6, 6.07) is 24.6. The highest BCUT2D eigenvalue weighted by Crippen LogP contribution is 2.07. The SMILES string of the molecule is [c]1ccccc1.c1ccc2ncccc2c1. The van der Waals surface area contributed by atoms with Crippen molar-refractivity contribution in [3.63, 3.8) is 0 Å². The van der Waals surface area contributed by atoms with Gasteiger partial charge in [-0.25, -0.2) is 0 Å². The van der Waals surface area contributed by atoms with Crippen LogP contribution in [-0.2, 0) is 0 Å². The van der Waals surface area contributed by atoms with E-state index in [1.807, 2.05) is 60.8 Å². The molecule has 1 nitrogen and oxygen atoms in total. The van der Waals surface area contributed by atoms with Gasteiger partial charge in [0.15, 0.2) is 0 Å². The Morgan fingerprint density at radius 2 is 1.50 bits per heavy atom. The fraction of sp³-hybridized carbons (Fsp3) is 0. The summed E-state index contributed by atoms with van der Waals surface area (Å²) >= 11 is 0. The fourth-order valence-corrected chi connectivity index (χ4v) is 1.36. The van der Waals surface area contributed by atoms with Crippen molar-refractivity contribution in [3.05, 3.63) is 79.0 Å². The van der Waals surface area contributed by atoms with Crippen molar-refractivity contribution < 1.29 is 0 Å². The summed E-state index contributed by atoms with van der Waals surface area (Å²) in [5, 5.41) is 1.20. The van der Waals surface area contributed by atoms with E-state index >= 15 is 0 Å². The van der Waals surface area contributed by atoms with Gasteiger partial charge >= 0.3 is 0 Å². The van der Waals surface area contributed by atoms with Crippen LogP contribution < -0.4 is 0 Å². The first kappa shape index (κ1) is 10.4. The van der Waals surface area contributed by atoms with Crippen LogP contribution in [0.1, 0.15) is 0 Å². The van der Waals surface area contributed by atoms with Crippen molar-refractivity contribution in [2.24, 2.45) is 0 Å². The van der Waals surface area contributed by atoms with Crippen LogP contribution in [0.2, 0.25) is 0 Å². The number of aromatic nitrogens is 1. The summed E-state index contributed by atoms with van der Waals surface area (Å²) in [6.07, 6.45) is 1.81. The average molecular weight is 206 g/mol. The highest BCUT2D eigenvalue weighted by atomic mass is 14.6. The molecule has 0 saturated heterocycles. The van der Waals surface area contributed by atoms with Gasteiger partial charge in [-0.15, -0.1) is 0 Å². The second-order valence-corrected chi connectivity index (χ2v) is 3.27. The molecule has 0 bridgehead atoms. The molecule has 3 rings (SSSR count). The number of pyridine rings is 1. The van der Waals surface area contributed by atoms with E-state index in [-0.39, 0.29) is 0 Å². The second-order valence-electron chi connectivity index (χ2n) is 3.27. The molecule has 3 aromatic rings. The maximum Gasteiger partial charge on any atom is 0.0701 e. The second kappa shape index (κ2) is 5.66. The molecule has 0 atom stereocenters. The van der Waals surface area contributed by atoms with Crippen molar-refractivity contribution in [2.75, 3.05) is 0 Å². The van der Waals surface area contributed by atoms with Crippen LogP contribution in [0.4, 0.5) is 0 Å². The van der Waals surface area contributed by atoms with E-state index in [4.69, 9.17) is 0 Å². The number of rotatable bonds is 0. The average Bonchev–Trinajstić information content (AvgIpc) is 2.42. The third kappa shape index (κ3) is 2.92. The van der Waals surface area contributed by atoms with E-state index in [0.717, 1.165) is 5.52 Å². The van der Waals surface area contributed by atoms with Crippen molar-refractivity contribution in [2.45, 2.75) is 0 Å². The van der Waals surface area contributed by atoms with Gasteiger partial charge < -0.3 is 0 Å². The Hall–Kier alpha value is -2.15. The summed E-state index contributed by atoms with van der Waals surface area (Å²) in [5.41, 5.74) is 1.06. The molecule has 0 N–H and O–H groups in total. The Morgan fingerprint density at radius 3 is 2.12 bits per heavy atom.